The summed E-state index contributed by atoms with van der Waals surface area (Å²) in [6.45, 7) is 5.55. The number of methoxy groups -OCH3 is 1. The van der Waals surface area contributed by atoms with Crippen LogP contribution in [0.3, 0.4) is 0 Å². The van der Waals surface area contributed by atoms with Crippen molar-refractivity contribution >= 4 is 28.5 Å². The summed E-state index contributed by atoms with van der Waals surface area (Å²) in [6, 6.07) is 11.0. The predicted molar refractivity (Wildman–Crippen MR) is 107 cm³/mol. The highest BCUT2D eigenvalue weighted by Crippen LogP contribution is 2.26. The molecule has 1 aromatic heterocycles. The second-order valence-electron chi connectivity index (χ2n) is 6.69. The van der Waals surface area contributed by atoms with E-state index >= 15 is 0 Å². The van der Waals surface area contributed by atoms with Gasteiger partial charge in [-0.15, -0.1) is 0 Å². The smallest absolute Gasteiger partial charge is 0.311 e. The number of ether oxygens (including phenoxy) is 2. The Morgan fingerprint density at radius 3 is 2.61 bits per heavy atom. The van der Waals surface area contributed by atoms with Crippen molar-refractivity contribution in [3.63, 3.8) is 0 Å². The van der Waals surface area contributed by atoms with Gasteiger partial charge in [-0.1, -0.05) is 12.1 Å². The number of carbonyl (C=O) groups excluding carboxylic acids is 2. The van der Waals surface area contributed by atoms with Crippen LogP contribution in [-0.4, -0.2) is 25.1 Å². The van der Waals surface area contributed by atoms with Gasteiger partial charge in [0, 0.05) is 10.9 Å². The van der Waals surface area contributed by atoms with E-state index in [-0.39, 0.29) is 6.42 Å². The summed E-state index contributed by atoms with van der Waals surface area (Å²) < 4.78 is 16.0. The van der Waals surface area contributed by atoms with Gasteiger partial charge in [0.05, 0.1) is 25.5 Å². The number of carbonyl (C=O) groups is 2. The van der Waals surface area contributed by atoms with Crippen LogP contribution >= 0.6 is 0 Å². The third kappa shape index (κ3) is 4.17. The van der Waals surface area contributed by atoms with E-state index in [2.05, 4.69) is 5.32 Å². The van der Waals surface area contributed by atoms with Gasteiger partial charge in [-0.25, -0.2) is 0 Å². The molecule has 1 heterocycles. The minimum absolute atomic E-state index is 0.0295. The maximum absolute atomic E-state index is 12.4. The van der Waals surface area contributed by atoms with Crippen molar-refractivity contribution in [2.45, 2.75) is 33.3 Å². The monoisotopic (exact) mass is 381 g/mol. The normalized spacial score (nSPS) is 11.9. The van der Waals surface area contributed by atoms with Crippen LogP contribution in [0.15, 0.2) is 47.1 Å². The molecular formula is C22H23NO5. The van der Waals surface area contributed by atoms with Gasteiger partial charge in [0.1, 0.15) is 11.3 Å². The number of para-hydroxylation sites is 2. The van der Waals surface area contributed by atoms with Gasteiger partial charge < -0.3 is 19.2 Å². The average Bonchev–Trinajstić information content (AvgIpc) is 3.03. The fraction of sp³-hybridized carbons (Fsp3) is 0.273. The third-order valence-corrected chi connectivity index (χ3v) is 4.65. The van der Waals surface area contributed by atoms with Crippen LogP contribution in [0.25, 0.3) is 11.0 Å². The Labute approximate surface area is 163 Å². The molecule has 1 N–H and O–H groups in total. The van der Waals surface area contributed by atoms with Gasteiger partial charge in [0.15, 0.2) is 6.10 Å². The molecule has 0 saturated carbocycles. The SMILES string of the molecule is COc1ccccc1NC(=O)[C@@H](C)OC(=O)Cc1coc2cc(C)c(C)cc12. The zero-order valence-electron chi connectivity index (χ0n) is 16.4. The van der Waals surface area contributed by atoms with E-state index < -0.39 is 18.0 Å². The molecular weight excluding hydrogens is 358 g/mol. The van der Waals surface area contributed by atoms with E-state index in [1.165, 1.54) is 14.0 Å². The number of amides is 1. The molecule has 0 spiro atoms. The van der Waals surface area contributed by atoms with Crippen LogP contribution in [0.4, 0.5) is 5.69 Å². The van der Waals surface area contributed by atoms with E-state index in [4.69, 9.17) is 13.9 Å². The van der Waals surface area contributed by atoms with Crippen LogP contribution in [-0.2, 0) is 20.7 Å². The van der Waals surface area contributed by atoms with E-state index in [0.717, 1.165) is 27.7 Å². The largest absolute Gasteiger partial charge is 0.495 e. The Bertz CT molecular complexity index is 1020. The van der Waals surface area contributed by atoms with Gasteiger partial charge in [0.25, 0.3) is 5.91 Å². The molecule has 3 rings (SSSR count). The van der Waals surface area contributed by atoms with E-state index in [1.807, 2.05) is 26.0 Å². The predicted octanol–water partition coefficient (Wildman–Crippen LogP) is 4.17. The molecule has 0 unspecified atom stereocenters. The van der Waals surface area contributed by atoms with Gasteiger partial charge in [-0.3, -0.25) is 9.59 Å². The Kier molecular flexibility index (Phi) is 5.68. The second kappa shape index (κ2) is 8.17. The number of esters is 1. The number of hydrogen-bond donors (Lipinski definition) is 1. The summed E-state index contributed by atoms with van der Waals surface area (Å²) in [6.07, 6.45) is 0.645. The first-order chi connectivity index (χ1) is 13.4. The first-order valence-electron chi connectivity index (χ1n) is 8.99. The molecule has 3 aromatic rings. The number of fused-ring (bicyclic) bond motifs is 1. The molecule has 0 aliphatic heterocycles. The Morgan fingerprint density at radius 1 is 1.14 bits per heavy atom. The molecule has 146 valence electrons. The Morgan fingerprint density at radius 2 is 1.86 bits per heavy atom. The van der Waals surface area contributed by atoms with Crippen molar-refractivity contribution in [3.8, 4) is 5.75 Å². The maximum atomic E-state index is 12.4. The van der Waals surface area contributed by atoms with Crippen molar-refractivity contribution in [1.82, 2.24) is 0 Å². The van der Waals surface area contributed by atoms with Crippen molar-refractivity contribution < 1.29 is 23.5 Å². The lowest BCUT2D eigenvalue weighted by molar-refractivity contribution is -0.152. The van der Waals surface area contributed by atoms with Crippen LogP contribution < -0.4 is 10.1 Å². The molecule has 0 fully saturated rings. The molecule has 1 amide bonds. The van der Waals surface area contributed by atoms with Gasteiger partial charge in [-0.05, 0) is 56.2 Å². The van der Waals surface area contributed by atoms with Crippen molar-refractivity contribution in [3.05, 3.63) is 59.4 Å². The number of hydrogen-bond acceptors (Lipinski definition) is 5. The molecule has 0 aliphatic carbocycles. The summed E-state index contributed by atoms with van der Waals surface area (Å²) in [5.74, 6) is -0.394. The zero-order valence-corrected chi connectivity index (χ0v) is 16.4. The fourth-order valence-electron chi connectivity index (χ4n) is 2.90. The quantitative estimate of drug-likeness (QED) is 0.649. The molecule has 0 bridgehead atoms. The van der Waals surface area contributed by atoms with Crippen molar-refractivity contribution in [1.29, 1.82) is 0 Å². The summed E-state index contributed by atoms with van der Waals surface area (Å²) in [7, 11) is 1.52. The highest BCUT2D eigenvalue weighted by atomic mass is 16.5. The molecule has 28 heavy (non-hydrogen) atoms. The maximum Gasteiger partial charge on any atom is 0.311 e. The molecule has 0 saturated heterocycles. The van der Waals surface area contributed by atoms with E-state index in [0.29, 0.717) is 11.4 Å². The third-order valence-electron chi connectivity index (χ3n) is 4.65. The molecule has 1 atom stereocenters. The summed E-state index contributed by atoms with van der Waals surface area (Å²) in [5.41, 5.74) is 4.23. The van der Waals surface area contributed by atoms with Crippen LogP contribution in [0, 0.1) is 13.8 Å². The number of benzene rings is 2. The average molecular weight is 381 g/mol. The molecule has 0 radical (unpaired) electrons. The Hall–Kier alpha value is -3.28. The molecule has 2 aromatic carbocycles. The van der Waals surface area contributed by atoms with Gasteiger partial charge in [-0.2, -0.15) is 0 Å². The second-order valence-corrected chi connectivity index (χ2v) is 6.69. The lowest BCUT2D eigenvalue weighted by atomic mass is 10.0. The number of furan rings is 1. The summed E-state index contributed by atoms with van der Waals surface area (Å²) in [5, 5.41) is 3.59. The minimum atomic E-state index is -0.945. The molecule has 6 nitrogen and oxygen atoms in total. The zero-order chi connectivity index (χ0) is 20.3. The molecule has 0 aliphatic rings. The number of nitrogens with one attached hydrogen (secondary N) is 1. The summed E-state index contributed by atoms with van der Waals surface area (Å²) in [4.78, 5) is 24.7. The number of aryl methyl sites for hydroxylation is 2. The number of rotatable bonds is 6. The van der Waals surface area contributed by atoms with E-state index in [1.54, 1.807) is 30.5 Å². The summed E-state index contributed by atoms with van der Waals surface area (Å²) >= 11 is 0. The lowest BCUT2D eigenvalue weighted by Gasteiger charge is -2.15. The minimum Gasteiger partial charge on any atom is -0.495 e. The van der Waals surface area contributed by atoms with Crippen molar-refractivity contribution in [2.75, 3.05) is 12.4 Å². The highest BCUT2D eigenvalue weighted by Gasteiger charge is 2.20. The Balaban J connectivity index is 1.64. The van der Waals surface area contributed by atoms with Crippen LogP contribution in [0.2, 0.25) is 0 Å². The van der Waals surface area contributed by atoms with Crippen molar-refractivity contribution in [2.24, 2.45) is 0 Å². The highest BCUT2D eigenvalue weighted by molar-refractivity contribution is 5.96. The first kappa shape index (κ1) is 19.5. The standard InChI is InChI=1S/C22H23NO5/c1-13-9-17-16(12-27-20(17)10-14(13)2)11-21(24)28-15(3)22(25)23-18-7-5-6-8-19(18)26-4/h5-10,12,15H,11H2,1-4H3,(H,23,25)/t15-/m1/s1. The fourth-order valence-corrected chi connectivity index (χ4v) is 2.90. The van der Waals surface area contributed by atoms with Gasteiger partial charge in [0.2, 0.25) is 0 Å². The number of anilines is 1. The van der Waals surface area contributed by atoms with Gasteiger partial charge >= 0.3 is 5.97 Å². The molecule has 6 heteroatoms. The topological polar surface area (TPSA) is 77.8 Å². The van der Waals surface area contributed by atoms with Crippen LogP contribution in [0.5, 0.6) is 5.75 Å². The van der Waals surface area contributed by atoms with E-state index in [9.17, 15) is 9.59 Å². The van der Waals surface area contributed by atoms with Crippen LogP contribution in [0.1, 0.15) is 23.6 Å². The lowest BCUT2D eigenvalue weighted by Crippen LogP contribution is -2.30. The first-order valence-corrected chi connectivity index (χ1v) is 8.99.